The highest BCUT2D eigenvalue weighted by Crippen LogP contribution is 2.15. The molecule has 0 heterocycles. The Kier molecular flexibility index (Phi) is 4.74. The standard InChI is InChI=1S/C13H20BN/c1-4-8-15(9-5-2)12-6-7-13(14)11(3)10-12/h6-7,10H,4-5,8-9H2,1-3H3. The van der Waals surface area contributed by atoms with E-state index in [0.29, 0.717) is 0 Å². The van der Waals surface area contributed by atoms with Crippen molar-refractivity contribution in [1.29, 1.82) is 0 Å². The molecule has 1 aromatic rings. The Labute approximate surface area is 94.9 Å². The maximum atomic E-state index is 5.82. The normalized spacial score (nSPS) is 10.3. The summed E-state index contributed by atoms with van der Waals surface area (Å²) in [5.74, 6) is 0. The molecule has 0 bridgehead atoms. The van der Waals surface area contributed by atoms with Crippen LogP contribution in [0.4, 0.5) is 5.69 Å². The summed E-state index contributed by atoms with van der Waals surface area (Å²) < 4.78 is 0. The minimum absolute atomic E-state index is 0.881. The number of nitrogens with zero attached hydrogens (tertiary/aromatic N) is 1. The summed E-state index contributed by atoms with van der Waals surface area (Å²) in [6.45, 7) is 8.74. The van der Waals surface area contributed by atoms with Crippen LogP contribution in [0.1, 0.15) is 32.3 Å². The van der Waals surface area contributed by atoms with Crippen LogP contribution in [0.3, 0.4) is 0 Å². The van der Waals surface area contributed by atoms with Crippen molar-refractivity contribution in [2.24, 2.45) is 0 Å². The summed E-state index contributed by atoms with van der Waals surface area (Å²) in [7, 11) is 5.82. The first kappa shape index (κ1) is 12.2. The predicted molar refractivity (Wildman–Crippen MR) is 69.4 cm³/mol. The van der Waals surface area contributed by atoms with Crippen LogP contribution in [0.15, 0.2) is 18.2 Å². The molecule has 1 aromatic carbocycles. The Hall–Kier alpha value is -0.915. The predicted octanol–water partition coefficient (Wildman–Crippen LogP) is 2.42. The monoisotopic (exact) mass is 201 g/mol. The van der Waals surface area contributed by atoms with Gasteiger partial charge >= 0.3 is 0 Å². The zero-order valence-electron chi connectivity index (χ0n) is 10.1. The van der Waals surface area contributed by atoms with Gasteiger partial charge in [-0.3, -0.25) is 0 Å². The van der Waals surface area contributed by atoms with Crippen LogP contribution >= 0.6 is 0 Å². The first-order valence-electron chi connectivity index (χ1n) is 5.80. The number of benzene rings is 1. The molecular weight excluding hydrogens is 181 g/mol. The molecule has 0 unspecified atom stereocenters. The highest BCUT2D eigenvalue weighted by molar-refractivity contribution is 6.33. The van der Waals surface area contributed by atoms with Crippen LogP contribution < -0.4 is 10.4 Å². The lowest BCUT2D eigenvalue weighted by atomic mass is 9.91. The molecule has 0 atom stereocenters. The summed E-state index contributed by atoms with van der Waals surface area (Å²) in [5.41, 5.74) is 3.35. The van der Waals surface area contributed by atoms with E-state index < -0.39 is 0 Å². The van der Waals surface area contributed by atoms with Gasteiger partial charge in [0.1, 0.15) is 7.85 Å². The van der Waals surface area contributed by atoms with Gasteiger partial charge in [0.15, 0.2) is 0 Å². The molecule has 0 aromatic heterocycles. The molecule has 0 saturated carbocycles. The van der Waals surface area contributed by atoms with Gasteiger partial charge in [0.25, 0.3) is 0 Å². The van der Waals surface area contributed by atoms with Crippen molar-refractivity contribution < 1.29 is 0 Å². The van der Waals surface area contributed by atoms with Crippen molar-refractivity contribution in [3.05, 3.63) is 23.8 Å². The smallest absolute Gasteiger partial charge is 0.114 e. The molecule has 0 fully saturated rings. The van der Waals surface area contributed by atoms with Crippen LogP contribution in [-0.4, -0.2) is 20.9 Å². The van der Waals surface area contributed by atoms with Crippen molar-refractivity contribution >= 4 is 19.0 Å². The molecular formula is C13H20BN. The van der Waals surface area contributed by atoms with Crippen LogP contribution in [0.2, 0.25) is 0 Å². The Morgan fingerprint density at radius 3 is 2.20 bits per heavy atom. The molecule has 0 aliphatic carbocycles. The molecule has 15 heavy (non-hydrogen) atoms. The lowest BCUT2D eigenvalue weighted by Crippen LogP contribution is -2.25. The lowest BCUT2D eigenvalue weighted by Gasteiger charge is -2.24. The van der Waals surface area contributed by atoms with Gasteiger partial charge in [-0.05, 0) is 31.9 Å². The van der Waals surface area contributed by atoms with Crippen LogP contribution in [0, 0.1) is 6.92 Å². The number of anilines is 1. The van der Waals surface area contributed by atoms with Gasteiger partial charge in [-0.1, -0.05) is 30.9 Å². The molecule has 0 aliphatic rings. The molecule has 0 saturated heterocycles. The minimum Gasteiger partial charge on any atom is -0.372 e. The molecule has 0 amide bonds. The van der Waals surface area contributed by atoms with E-state index in [9.17, 15) is 0 Å². The van der Waals surface area contributed by atoms with Crippen LogP contribution in [0.5, 0.6) is 0 Å². The number of hydrogen-bond donors (Lipinski definition) is 0. The third kappa shape index (κ3) is 3.30. The Morgan fingerprint density at radius 1 is 1.13 bits per heavy atom. The second-order valence-corrected chi connectivity index (χ2v) is 4.03. The summed E-state index contributed by atoms with van der Waals surface area (Å²) in [6, 6.07) is 6.30. The fraction of sp³-hybridized carbons (Fsp3) is 0.538. The molecule has 0 aliphatic heterocycles. The highest BCUT2D eigenvalue weighted by Gasteiger charge is 2.04. The molecule has 1 rings (SSSR count). The number of hydrogen-bond acceptors (Lipinski definition) is 1. The Bertz CT molecular complexity index is 303. The van der Waals surface area contributed by atoms with Crippen LogP contribution in [-0.2, 0) is 0 Å². The van der Waals surface area contributed by atoms with Gasteiger partial charge < -0.3 is 4.90 Å². The van der Waals surface area contributed by atoms with E-state index in [2.05, 4.69) is 37.8 Å². The van der Waals surface area contributed by atoms with Crippen molar-refractivity contribution in [2.45, 2.75) is 33.6 Å². The summed E-state index contributed by atoms with van der Waals surface area (Å²) in [6.07, 6.45) is 2.37. The van der Waals surface area contributed by atoms with Crippen molar-refractivity contribution in [1.82, 2.24) is 0 Å². The van der Waals surface area contributed by atoms with E-state index in [4.69, 9.17) is 7.85 Å². The van der Waals surface area contributed by atoms with Gasteiger partial charge in [0.2, 0.25) is 0 Å². The van der Waals surface area contributed by atoms with E-state index in [1.54, 1.807) is 0 Å². The SMILES string of the molecule is [B]c1ccc(N(CCC)CCC)cc1C. The Balaban J connectivity index is 2.85. The van der Waals surface area contributed by atoms with E-state index in [1.807, 2.05) is 6.07 Å². The molecule has 80 valence electrons. The average molecular weight is 201 g/mol. The average Bonchev–Trinajstić information content (AvgIpc) is 2.22. The van der Waals surface area contributed by atoms with E-state index in [-0.39, 0.29) is 0 Å². The second kappa shape index (κ2) is 5.84. The molecule has 2 heteroatoms. The maximum absolute atomic E-state index is 5.82. The fourth-order valence-electron chi connectivity index (χ4n) is 1.77. The Morgan fingerprint density at radius 2 is 1.73 bits per heavy atom. The fourth-order valence-corrected chi connectivity index (χ4v) is 1.77. The third-order valence-corrected chi connectivity index (χ3v) is 2.61. The van der Waals surface area contributed by atoms with Gasteiger partial charge in [0.05, 0.1) is 0 Å². The van der Waals surface area contributed by atoms with E-state index >= 15 is 0 Å². The van der Waals surface area contributed by atoms with Crippen molar-refractivity contribution in [2.75, 3.05) is 18.0 Å². The zero-order valence-corrected chi connectivity index (χ0v) is 10.1. The third-order valence-electron chi connectivity index (χ3n) is 2.61. The first-order chi connectivity index (χ1) is 7.19. The van der Waals surface area contributed by atoms with Crippen molar-refractivity contribution in [3.8, 4) is 0 Å². The van der Waals surface area contributed by atoms with Gasteiger partial charge in [-0.25, -0.2) is 0 Å². The molecule has 0 spiro atoms. The first-order valence-corrected chi connectivity index (χ1v) is 5.80. The quantitative estimate of drug-likeness (QED) is 0.661. The van der Waals surface area contributed by atoms with Gasteiger partial charge in [-0.15, -0.1) is 0 Å². The summed E-state index contributed by atoms with van der Waals surface area (Å²) >= 11 is 0. The van der Waals surface area contributed by atoms with Crippen LogP contribution in [0.25, 0.3) is 0 Å². The number of rotatable bonds is 5. The maximum Gasteiger partial charge on any atom is 0.114 e. The summed E-state index contributed by atoms with van der Waals surface area (Å²) in [5, 5.41) is 0. The minimum atomic E-state index is 0.881. The largest absolute Gasteiger partial charge is 0.372 e. The molecule has 2 radical (unpaired) electrons. The zero-order chi connectivity index (χ0) is 11.3. The molecule has 0 N–H and O–H groups in total. The van der Waals surface area contributed by atoms with E-state index in [1.165, 1.54) is 24.1 Å². The highest BCUT2D eigenvalue weighted by atomic mass is 15.1. The van der Waals surface area contributed by atoms with Gasteiger partial charge in [-0.2, -0.15) is 0 Å². The van der Waals surface area contributed by atoms with Gasteiger partial charge in [0, 0.05) is 18.8 Å². The topological polar surface area (TPSA) is 3.24 Å². The van der Waals surface area contributed by atoms with Crippen molar-refractivity contribution in [3.63, 3.8) is 0 Å². The second-order valence-electron chi connectivity index (χ2n) is 4.03. The van der Waals surface area contributed by atoms with E-state index in [0.717, 1.165) is 18.6 Å². The summed E-state index contributed by atoms with van der Waals surface area (Å²) in [4.78, 5) is 2.42. The molecule has 1 nitrogen and oxygen atoms in total. The lowest BCUT2D eigenvalue weighted by molar-refractivity contribution is 0.745. The number of aryl methyl sites for hydroxylation is 1.